The molecule has 0 aromatic heterocycles. The van der Waals surface area contributed by atoms with Gasteiger partial charge in [0.2, 0.25) is 0 Å². The summed E-state index contributed by atoms with van der Waals surface area (Å²) >= 11 is 0. The highest BCUT2D eigenvalue weighted by atomic mass is 17.0. The van der Waals surface area contributed by atoms with Gasteiger partial charge in [-0.05, 0) is 40.2 Å². The van der Waals surface area contributed by atoms with Gasteiger partial charge in [0, 0.05) is 11.4 Å². The van der Waals surface area contributed by atoms with Crippen LogP contribution in [0.2, 0.25) is 0 Å². The van der Waals surface area contributed by atoms with Gasteiger partial charge in [-0.1, -0.05) is 30.3 Å². The molecule has 0 radical (unpaired) electrons. The third-order valence-corrected chi connectivity index (χ3v) is 5.18. The molecule has 3 rings (SSSR count). The second-order valence-electron chi connectivity index (χ2n) is 8.79. The van der Waals surface area contributed by atoms with E-state index < -0.39 is 40.1 Å². The summed E-state index contributed by atoms with van der Waals surface area (Å²) in [6, 6.07) is 8.78. The Hall–Kier alpha value is -3.30. The Bertz CT molecular complexity index is 1030. The summed E-state index contributed by atoms with van der Waals surface area (Å²) < 4.78 is 5.58. The topological polar surface area (TPSA) is 119 Å². The Kier molecular flexibility index (Phi) is 6.08. The first-order valence-corrected chi connectivity index (χ1v) is 10.2. The van der Waals surface area contributed by atoms with Gasteiger partial charge in [0.1, 0.15) is 10.4 Å². The molecule has 1 atom stereocenters. The normalized spacial score (nSPS) is 20.9. The molecule has 1 unspecified atom stereocenters. The van der Waals surface area contributed by atoms with Crippen LogP contribution in [0, 0.1) is 0 Å². The number of carbonyl (C=O) groups is 4. The Morgan fingerprint density at radius 3 is 1.97 bits per heavy atom. The van der Waals surface area contributed by atoms with E-state index in [0.717, 1.165) is 0 Å². The molecule has 1 aromatic carbocycles. The van der Waals surface area contributed by atoms with Crippen molar-refractivity contribution in [1.82, 2.24) is 5.32 Å². The number of hydrogen-bond donors (Lipinski definition) is 2. The zero-order chi connectivity index (χ0) is 23.8. The highest BCUT2D eigenvalue weighted by molar-refractivity contribution is 6.00. The van der Waals surface area contributed by atoms with Gasteiger partial charge in [-0.3, -0.25) is 0 Å². The number of nitrogens with zero attached hydrogens (tertiary/aromatic N) is 1. The van der Waals surface area contributed by atoms with Crippen LogP contribution in [0.25, 0.3) is 0 Å². The van der Waals surface area contributed by atoms with Gasteiger partial charge in [0.15, 0.2) is 0 Å². The molecule has 0 saturated carbocycles. The van der Waals surface area contributed by atoms with Crippen LogP contribution >= 0.6 is 0 Å². The second-order valence-corrected chi connectivity index (χ2v) is 8.79. The smallest absolute Gasteiger partial charge is 0.402 e. The van der Waals surface area contributed by atoms with Gasteiger partial charge in [0.05, 0.1) is 29.9 Å². The maximum Gasteiger partial charge on any atom is 0.402 e. The number of rotatable bonds is 4. The number of hydrogen-bond acceptors (Lipinski definition) is 8. The van der Waals surface area contributed by atoms with Crippen LogP contribution < -0.4 is 5.32 Å². The summed E-state index contributed by atoms with van der Waals surface area (Å²) in [4.78, 5) is 53.5. The van der Waals surface area contributed by atoms with Crippen LogP contribution in [0.5, 0.6) is 0 Å². The van der Waals surface area contributed by atoms with Crippen LogP contribution in [-0.2, 0) is 28.8 Å². The van der Waals surface area contributed by atoms with E-state index in [2.05, 4.69) is 5.32 Å². The van der Waals surface area contributed by atoms with Crippen molar-refractivity contribution in [3.8, 4) is 0 Å². The summed E-state index contributed by atoms with van der Waals surface area (Å²) in [5, 5.41) is 13.4. The molecule has 9 nitrogen and oxygen atoms in total. The number of carbonyl (C=O) groups excluding carboxylic acids is 4. The van der Waals surface area contributed by atoms with Crippen LogP contribution in [-0.4, -0.2) is 39.4 Å². The fraction of sp³-hybridized carbons (Fsp3) is 0.391. The lowest BCUT2D eigenvalue weighted by atomic mass is 9.80. The lowest BCUT2D eigenvalue weighted by Gasteiger charge is -2.32. The molecule has 2 aliphatic heterocycles. The van der Waals surface area contributed by atoms with Crippen molar-refractivity contribution in [2.75, 3.05) is 0 Å². The first-order chi connectivity index (χ1) is 14.8. The Labute approximate surface area is 185 Å². The number of allylic oxidation sites excluding steroid dienone is 2. The minimum atomic E-state index is -2.04. The van der Waals surface area contributed by atoms with E-state index in [1.54, 1.807) is 65.0 Å². The average Bonchev–Trinajstić information content (AvgIpc) is 2.93. The number of hydroxylamine groups is 4. The van der Waals surface area contributed by atoms with Crippen molar-refractivity contribution in [1.29, 1.82) is 0 Å². The highest BCUT2D eigenvalue weighted by Gasteiger charge is 2.56. The van der Waals surface area contributed by atoms with Gasteiger partial charge >= 0.3 is 23.8 Å². The van der Waals surface area contributed by atoms with Gasteiger partial charge in [-0.25, -0.2) is 24.0 Å². The first-order valence-electron chi connectivity index (χ1n) is 10.2. The highest BCUT2D eigenvalue weighted by Crippen LogP contribution is 2.40. The lowest BCUT2D eigenvalue weighted by Crippen LogP contribution is -2.51. The molecule has 0 aliphatic carbocycles. The minimum absolute atomic E-state index is 0.0123. The molecule has 0 bridgehead atoms. The van der Waals surface area contributed by atoms with Gasteiger partial charge < -0.3 is 10.1 Å². The van der Waals surface area contributed by atoms with Gasteiger partial charge in [-0.2, -0.15) is 5.21 Å². The lowest BCUT2D eigenvalue weighted by molar-refractivity contribution is -1.12. The number of dihydropyridines is 1. The second kappa shape index (κ2) is 8.33. The van der Waals surface area contributed by atoms with Crippen molar-refractivity contribution >= 4 is 23.8 Å². The van der Waals surface area contributed by atoms with E-state index in [1.165, 1.54) is 0 Å². The predicted octanol–water partition coefficient (Wildman–Crippen LogP) is 2.77. The van der Waals surface area contributed by atoms with Gasteiger partial charge in [-0.15, -0.1) is 0 Å². The van der Waals surface area contributed by atoms with Crippen LogP contribution in [0.3, 0.4) is 0 Å². The number of benzene rings is 1. The zero-order valence-corrected chi connectivity index (χ0v) is 18.7. The molecule has 170 valence electrons. The van der Waals surface area contributed by atoms with E-state index in [4.69, 9.17) is 9.57 Å². The number of imide groups is 1. The minimum Gasteiger partial charge on any atom is -0.457 e. The Balaban J connectivity index is 2.08. The fourth-order valence-electron chi connectivity index (χ4n) is 3.77. The summed E-state index contributed by atoms with van der Waals surface area (Å²) in [6.07, 6.45) is -0.466. The van der Waals surface area contributed by atoms with Crippen molar-refractivity contribution in [2.24, 2.45) is 0 Å². The number of esters is 1. The first kappa shape index (κ1) is 23.4. The molecule has 9 heteroatoms. The standard InChI is InChI=1S/C23H26N2O7/c1-13-18(21(28)31-23(3,4)5)20(15-9-7-6-8-10-15)19(14(2)24-13)22(29)32-25(30)16(26)11-12-17(25)27/h6-10,20,30H,11-12H2,1-5H3/p+1. The average molecular weight is 443 g/mol. The Morgan fingerprint density at radius 1 is 0.969 bits per heavy atom. The molecule has 1 aromatic rings. The summed E-state index contributed by atoms with van der Waals surface area (Å²) in [6.45, 7) is 8.49. The molecule has 2 amide bonds. The third-order valence-electron chi connectivity index (χ3n) is 5.18. The molecule has 2 aliphatic rings. The number of quaternary nitrogens is 1. The number of amides is 2. The Morgan fingerprint density at radius 2 is 1.47 bits per heavy atom. The summed E-state index contributed by atoms with van der Waals surface area (Å²) in [5.41, 5.74) is 0.845. The van der Waals surface area contributed by atoms with E-state index in [0.29, 0.717) is 17.0 Å². The quantitative estimate of drug-likeness (QED) is 0.316. The van der Waals surface area contributed by atoms with Crippen LogP contribution in [0.4, 0.5) is 0 Å². The van der Waals surface area contributed by atoms with Crippen molar-refractivity contribution < 1.29 is 38.8 Å². The van der Waals surface area contributed by atoms with Crippen molar-refractivity contribution in [2.45, 2.75) is 59.0 Å². The molecule has 2 heterocycles. The molecule has 1 fully saturated rings. The maximum absolute atomic E-state index is 13.2. The van der Waals surface area contributed by atoms with E-state index in [-0.39, 0.29) is 24.0 Å². The van der Waals surface area contributed by atoms with Crippen molar-refractivity contribution in [3.63, 3.8) is 0 Å². The van der Waals surface area contributed by atoms with Crippen molar-refractivity contribution in [3.05, 3.63) is 58.4 Å². The number of nitrogens with one attached hydrogen (secondary N) is 1. The fourth-order valence-corrected chi connectivity index (χ4v) is 3.77. The largest absolute Gasteiger partial charge is 0.457 e. The summed E-state index contributed by atoms with van der Waals surface area (Å²) in [7, 11) is 0. The zero-order valence-electron chi connectivity index (χ0n) is 18.7. The molecule has 0 spiro atoms. The van der Waals surface area contributed by atoms with E-state index >= 15 is 0 Å². The predicted molar refractivity (Wildman–Crippen MR) is 111 cm³/mol. The SMILES string of the molecule is CC1=C(C(=O)OC(C)(C)C)C(c2ccccc2)C(C(=O)O[N+]2(O)C(=O)CCC2=O)=C(C)N1. The molecule has 32 heavy (non-hydrogen) atoms. The van der Waals surface area contributed by atoms with Crippen LogP contribution in [0.15, 0.2) is 52.9 Å². The molecular formula is C23H27N2O7+. The monoisotopic (exact) mass is 443 g/mol. The third kappa shape index (κ3) is 4.35. The van der Waals surface area contributed by atoms with E-state index in [9.17, 15) is 24.4 Å². The molecule has 1 saturated heterocycles. The molecule has 2 N–H and O–H groups in total. The molecular weight excluding hydrogens is 416 g/mol. The van der Waals surface area contributed by atoms with Gasteiger partial charge in [0.25, 0.3) is 0 Å². The summed E-state index contributed by atoms with van der Waals surface area (Å²) in [5.74, 6) is -4.49. The van der Waals surface area contributed by atoms with Crippen LogP contribution in [0.1, 0.15) is 58.9 Å². The van der Waals surface area contributed by atoms with E-state index in [1.807, 2.05) is 0 Å². The number of ether oxygens (including phenoxy) is 1. The maximum atomic E-state index is 13.2.